The van der Waals surface area contributed by atoms with E-state index in [0.717, 1.165) is 7.11 Å². The molecule has 0 aliphatic rings. The van der Waals surface area contributed by atoms with E-state index in [1.807, 2.05) is 0 Å². The highest BCUT2D eigenvalue weighted by Crippen LogP contribution is 2.44. The monoisotopic (exact) mass is 333 g/mol. The minimum Gasteiger partial charge on any atom is -0.491 e. The molecule has 0 spiro atoms. The maximum Gasteiger partial charge on any atom is 0.573 e. The number of halogens is 6. The van der Waals surface area contributed by atoms with Crippen molar-refractivity contribution in [3.05, 3.63) is 17.5 Å². The minimum atomic E-state index is -5.43. The van der Waals surface area contributed by atoms with Crippen molar-refractivity contribution in [3.8, 4) is 11.5 Å². The van der Waals surface area contributed by atoms with Crippen molar-refractivity contribution >= 4 is 5.97 Å². The standard InChI is InChI=1S/C11H9F6NO4/c1-3-21-9(19)6-8(20-2)7(22-11(15,16)17)5(4-18-6)10(12,13)14/h4H,3H2,1-2H3. The molecule has 11 heteroatoms. The summed E-state index contributed by atoms with van der Waals surface area (Å²) in [5, 5.41) is 0. The first-order chi connectivity index (χ1) is 10.0. The highest BCUT2D eigenvalue weighted by molar-refractivity contribution is 5.91. The zero-order chi connectivity index (χ0) is 17.1. The molecule has 124 valence electrons. The van der Waals surface area contributed by atoms with E-state index in [9.17, 15) is 31.1 Å². The summed E-state index contributed by atoms with van der Waals surface area (Å²) >= 11 is 0. The summed E-state index contributed by atoms with van der Waals surface area (Å²) in [6.07, 6.45) is -10.6. The van der Waals surface area contributed by atoms with E-state index < -0.39 is 41.3 Å². The number of carbonyl (C=O) groups excluding carboxylic acids is 1. The zero-order valence-corrected chi connectivity index (χ0v) is 11.1. The van der Waals surface area contributed by atoms with Crippen LogP contribution in [0, 0.1) is 0 Å². The second-order valence-corrected chi connectivity index (χ2v) is 3.65. The summed E-state index contributed by atoms with van der Waals surface area (Å²) < 4.78 is 87.5. The maximum atomic E-state index is 12.8. The van der Waals surface area contributed by atoms with Gasteiger partial charge in [0, 0.05) is 6.20 Å². The molecule has 0 unspecified atom stereocenters. The maximum absolute atomic E-state index is 12.8. The van der Waals surface area contributed by atoms with Crippen LogP contribution in [0.5, 0.6) is 11.5 Å². The Morgan fingerprint density at radius 1 is 1.18 bits per heavy atom. The number of aromatic nitrogens is 1. The van der Waals surface area contributed by atoms with E-state index in [0.29, 0.717) is 0 Å². The molecular weight excluding hydrogens is 324 g/mol. The second kappa shape index (κ2) is 6.28. The fourth-order valence-corrected chi connectivity index (χ4v) is 1.43. The predicted octanol–water partition coefficient (Wildman–Crippen LogP) is 3.18. The summed E-state index contributed by atoms with van der Waals surface area (Å²) in [7, 11) is 0.767. The van der Waals surface area contributed by atoms with Crippen LogP contribution in [0.15, 0.2) is 6.20 Å². The number of hydrogen-bond acceptors (Lipinski definition) is 5. The number of alkyl halides is 6. The first kappa shape index (κ1) is 17.9. The molecule has 0 amide bonds. The first-order valence-corrected chi connectivity index (χ1v) is 5.58. The number of esters is 1. The van der Waals surface area contributed by atoms with Gasteiger partial charge in [-0.15, -0.1) is 13.2 Å². The topological polar surface area (TPSA) is 57.7 Å². The largest absolute Gasteiger partial charge is 0.573 e. The Kier molecular flexibility index (Phi) is 5.09. The smallest absolute Gasteiger partial charge is 0.491 e. The molecule has 0 saturated carbocycles. The van der Waals surface area contributed by atoms with Gasteiger partial charge >= 0.3 is 18.5 Å². The molecule has 0 aromatic carbocycles. The van der Waals surface area contributed by atoms with Crippen LogP contribution in [-0.4, -0.2) is 31.0 Å². The number of hydrogen-bond donors (Lipinski definition) is 0. The molecule has 1 heterocycles. The van der Waals surface area contributed by atoms with E-state index in [2.05, 4.69) is 19.2 Å². The molecule has 1 aromatic rings. The van der Waals surface area contributed by atoms with Crippen LogP contribution in [0.4, 0.5) is 26.3 Å². The molecule has 0 aliphatic carbocycles. The van der Waals surface area contributed by atoms with Gasteiger partial charge in [0.05, 0.1) is 13.7 Å². The number of pyridine rings is 1. The molecule has 0 N–H and O–H groups in total. The van der Waals surface area contributed by atoms with Gasteiger partial charge in [-0.25, -0.2) is 9.78 Å². The number of ether oxygens (including phenoxy) is 3. The number of methoxy groups -OCH3 is 1. The molecule has 0 fully saturated rings. The van der Waals surface area contributed by atoms with Crippen LogP contribution < -0.4 is 9.47 Å². The molecule has 1 rings (SSSR count). The van der Waals surface area contributed by atoms with Gasteiger partial charge in [0.2, 0.25) is 0 Å². The van der Waals surface area contributed by atoms with E-state index in [4.69, 9.17) is 0 Å². The second-order valence-electron chi connectivity index (χ2n) is 3.65. The molecule has 0 aliphatic heterocycles. The molecule has 1 aromatic heterocycles. The average Bonchev–Trinajstić information content (AvgIpc) is 2.35. The fourth-order valence-electron chi connectivity index (χ4n) is 1.43. The van der Waals surface area contributed by atoms with Gasteiger partial charge in [-0.05, 0) is 6.92 Å². The van der Waals surface area contributed by atoms with Crippen LogP contribution in [0.2, 0.25) is 0 Å². The molecule has 0 bridgehead atoms. The Morgan fingerprint density at radius 2 is 1.77 bits per heavy atom. The van der Waals surface area contributed by atoms with Crippen molar-refractivity contribution in [2.75, 3.05) is 13.7 Å². The van der Waals surface area contributed by atoms with Crippen LogP contribution in [0.25, 0.3) is 0 Å². The lowest BCUT2D eigenvalue weighted by molar-refractivity contribution is -0.276. The number of rotatable bonds is 4. The highest BCUT2D eigenvalue weighted by atomic mass is 19.4. The van der Waals surface area contributed by atoms with Crippen LogP contribution in [0.3, 0.4) is 0 Å². The Bertz CT molecular complexity index is 555. The lowest BCUT2D eigenvalue weighted by Crippen LogP contribution is -2.22. The quantitative estimate of drug-likeness (QED) is 0.626. The van der Waals surface area contributed by atoms with Crippen molar-refractivity contribution in [1.82, 2.24) is 4.98 Å². The van der Waals surface area contributed by atoms with Crippen molar-refractivity contribution < 1.29 is 45.3 Å². The Labute approximate surface area is 119 Å². The lowest BCUT2D eigenvalue weighted by Gasteiger charge is -2.18. The van der Waals surface area contributed by atoms with E-state index >= 15 is 0 Å². The van der Waals surface area contributed by atoms with Crippen LogP contribution in [0.1, 0.15) is 23.0 Å². The Balaban J connectivity index is 3.55. The van der Waals surface area contributed by atoms with Gasteiger partial charge in [-0.2, -0.15) is 13.2 Å². The third-order valence-corrected chi connectivity index (χ3v) is 2.18. The third kappa shape index (κ3) is 4.15. The molecular formula is C11H9F6NO4. The predicted molar refractivity (Wildman–Crippen MR) is 58.4 cm³/mol. The van der Waals surface area contributed by atoms with Crippen molar-refractivity contribution in [1.29, 1.82) is 0 Å². The molecule has 0 atom stereocenters. The van der Waals surface area contributed by atoms with Crippen LogP contribution in [-0.2, 0) is 10.9 Å². The van der Waals surface area contributed by atoms with Crippen molar-refractivity contribution in [2.24, 2.45) is 0 Å². The fraction of sp³-hybridized carbons (Fsp3) is 0.455. The van der Waals surface area contributed by atoms with Gasteiger partial charge in [-0.3, -0.25) is 0 Å². The third-order valence-electron chi connectivity index (χ3n) is 2.18. The normalized spacial score (nSPS) is 12.0. The molecule has 0 radical (unpaired) electrons. The molecule has 5 nitrogen and oxygen atoms in total. The van der Waals surface area contributed by atoms with Crippen molar-refractivity contribution in [3.63, 3.8) is 0 Å². The molecule has 22 heavy (non-hydrogen) atoms. The summed E-state index contributed by atoms with van der Waals surface area (Å²) in [6.45, 7) is 1.22. The van der Waals surface area contributed by atoms with Crippen molar-refractivity contribution in [2.45, 2.75) is 19.5 Å². The summed E-state index contributed by atoms with van der Waals surface area (Å²) in [5.41, 5.74) is -2.70. The van der Waals surface area contributed by atoms with Crippen LogP contribution >= 0.6 is 0 Å². The highest BCUT2D eigenvalue weighted by Gasteiger charge is 2.43. The van der Waals surface area contributed by atoms with Gasteiger partial charge in [0.25, 0.3) is 0 Å². The number of carbonyl (C=O) groups is 1. The van der Waals surface area contributed by atoms with E-state index in [-0.39, 0.29) is 12.8 Å². The van der Waals surface area contributed by atoms with E-state index in [1.54, 1.807) is 0 Å². The Hall–Kier alpha value is -2.20. The SMILES string of the molecule is CCOC(=O)c1ncc(C(F)(F)F)c(OC(F)(F)F)c1OC. The van der Waals surface area contributed by atoms with Gasteiger partial charge in [0.15, 0.2) is 17.2 Å². The lowest BCUT2D eigenvalue weighted by atomic mass is 10.2. The first-order valence-electron chi connectivity index (χ1n) is 5.58. The Morgan fingerprint density at radius 3 is 2.18 bits per heavy atom. The van der Waals surface area contributed by atoms with E-state index in [1.165, 1.54) is 6.92 Å². The average molecular weight is 333 g/mol. The summed E-state index contributed by atoms with van der Waals surface area (Å²) in [5.74, 6) is -4.08. The van der Waals surface area contributed by atoms with Gasteiger partial charge in [-0.1, -0.05) is 0 Å². The number of nitrogens with zero attached hydrogens (tertiary/aromatic N) is 1. The minimum absolute atomic E-state index is 0.0375. The van der Waals surface area contributed by atoms with Gasteiger partial charge < -0.3 is 14.2 Å². The van der Waals surface area contributed by atoms with Gasteiger partial charge in [0.1, 0.15) is 5.56 Å². The summed E-state index contributed by atoms with van der Waals surface area (Å²) in [6, 6.07) is 0. The zero-order valence-electron chi connectivity index (χ0n) is 11.1. The summed E-state index contributed by atoms with van der Waals surface area (Å²) in [4.78, 5) is 14.7. The molecule has 0 saturated heterocycles.